The van der Waals surface area contributed by atoms with Gasteiger partial charge in [0.2, 0.25) is 0 Å². The average Bonchev–Trinajstić information content (AvgIpc) is 2.93. The number of ether oxygens (including phenoxy) is 2. The number of anilines is 3. The van der Waals surface area contributed by atoms with Gasteiger partial charge in [-0.1, -0.05) is 54.1 Å². The molecule has 1 atom stereocenters. The number of methoxy groups -OCH3 is 2. The predicted octanol–water partition coefficient (Wildman–Crippen LogP) is 4.98. The highest BCUT2D eigenvalue weighted by Crippen LogP contribution is 2.45. The fourth-order valence-corrected chi connectivity index (χ4v) is 4.35. The van der Waals surface area contributed by atoms with Crippen LogP contribution in [0.1, 0.15) is 11.5 Å². The first-order chi connectivity index (χ1) is 17.9. The van der Waals surface area contributed by atoms with Crippen molar-refractivity contribution in [2.24, 2.45) is 5.73 Å². The van der Waals surface area contributed by atoms with Gasteiger partial charge in [0.25, 0.3) is 0 Å². The van der Waals surface area contributed by atoms with Crippen molar-refractivity contribution in [2.45, 2.75) is 5.92 Å². The van der Waals surface area contributed by atoms with Gasteiger partial charge >= 0.3 is 11.9 Å². The van der Waals surface area contributed by atoms with E-state index < -0.39 is 17.9 Å². The number of hydrogen-bond acceptors (Lipinski definition) is 8. The first-order valence-corrected chi connectivity index (χ1v) is 11.6. The Kier molecular flexibility index (Phi) is 7.47. The Labute approximate surface area is 219 Å². The number of esters is 2. The molecule has 1 unspecified atom stereocenters. The molecule has 8 nitrogen and oxygen atoms in total. The van der Waals surface area contributed by atoms with E-state index in [1.54, 1.807) is 78.9 Å². The number of nitrogens with two attached hydrogens (primary N) is 1. The second-order valence-corrected chi connectivity index (χ2v) is 8.42. The molecule has 9 heteroatoms. The summed E-state index contributed by atoms with van der Waals surface area (Å²) in [6, 6.07) is 25.1. The molecule has 3 aromatic rings. The third-order valence-corrected chi connectivity index (χ3v) is 6.13. The number of carbonyl (C=O) groups is 2. The largest absolute Gasteiger partial charge is 0.466 e. The number of nitriles is 1. The van der Waals surface area contributed by atoms with Gasteiger partial charge < -0.3 is 20.5 Å². The van der Waals surface area contributed by atoms with E-state index in [-0.39, 0.29) is 22.7 Å². The first kappa shape index (κ1) is 25.4. The third-order valence-electron chi connectivity index (χ3n) is 5.88. The van der Waals surface area contributed by atoms with E-state index in [2.05, 4.69) is 11.4 Å². The summed E-state index contributed by atoms with van der Waals surface area (Å²) in [6.45, 7) is 0. The Balaban J connectivity index is 2.00. The summed E-state index contributed by atoms with van der Waals surface area (Å²) < 4.78 is 10.2. The lowest BCUT2D eigenvalue weighted by atomic mass is 9.81. The van der Waals surface area contributed by atoms with Crippen molar-refractivity contribution in [1.29, 1.82) is 5.26 Å². The summed E-state index contributed by atoms with van der Waals surface area (Å²) in [5, 5.41) is 14.1. The van der Waals surface area contributed by atoms with Crippen molar-refractivity contribution in [2.75, 3.05) is 24.4 Å². The SMILES string of the molecule is COC(=O)C1=C(C(=O)OC)N(c2ccccc2Nc2ccc(Cl)cc2)C(N)=C(C#N)C1c1ccccc1. The molecule has 1 aliphatic rings. The lowest BCUT2D eigenvalue weighted by molar-refractivity contribution is -0.139. The molecule has 0 aromatic heterocycles. The van der Waals surface area contributed by atoms with E-state index in [1.807, 2.05) is 0 Å². The second-order valence-electron chi connectivity index (χ2n) is 7.98. The zero-order valence-electron chi connectivity index (χ0n) is 20.1. The summed E-state index contributed by atoms with van der Waals surface area (Å²) in [6.07, 6.45) is 0. The molecule has 1 aliphatic heterocycles. The normalized spacial score (nSPS) is 15.2. The maximum Gasteiger partial charge on any atom is 0.355 e. The molecule has 0 spiro atoms. The van der Waals surface area contributed by atoms with E-state index in [4.69, 9.17) is 26.8 Å². The predicted molar refractivity (Wildman–Crippen MR) is 141 cm³/mol. The van der Waals surface area contributed by atoms with Gasteiger partial charge in [0.15, 0.2) is 0 Å². The number of carbonyl (C=O) groups excluding carboxylic acids is 2. The molecule has 0 amide bonds. The summed E-state index contributed by atoms with van der Waals surface area (Å²) in [7, 11) is 2.41. The van der Waals surface area contributed by atoms with Crippen LogP contribution in [0.25, 0.3) is 0 Å². The van der Waals surface area contributed by atoms with Crippen LogP contribution in [0.5, 0.6) is 0 Å². The number of allylic oxidation sites excluding steroid dienone is 1. The second kappa shape index (κ2) is 10.9. The van der Waals surface area contributed by atoms with Crippen LogP contribution >= 0.6 is 11.6 Å². The Morgan fingerprint density at radius 2 is 1.57 bits per heavy atom. The van der Waals surface area contributed by atoms with Gasteiger partial charge in [0, 0.05) is 10.7 Å². The van der Waals surface area contributed by atoms with E-state index in [0.717, 1.165) is 5.69 Å². The minimum absolute atomic E-state index is 0.0187. The minimum Gasteiger partial charge on any atom is -0.466 e. The van der Waals surface area contributed by atoms with Gasteiger partial charge in [-0.25, -0.2) is 9.59 Å². The van der Waals surface area contributed by atoms with Crippen molar-refractivity contribution in [3.8, 4) is 6.07 Å². The number of halogens is 1. The minimum atomic E-state index is -0.944. The molecule has 0 saturated heterocycles. The highest BCUT2D eigenvalue weighted by molar-refractivity contribution is 6.30. The number of nitrogens with zero attached hydrogens (tertiary/aromatic N) is 2. The Morgan fingerprint density at radius 1 is 0.946 bits per heavy atom. The molecule has 0 radical (unpaired) electrons. The Bertz CT molecular complexity index is 1440. The van der Waals surface area contributed by atoms with Gasteiger partial charge in [0.05, 0.1) is 48.7 Å². The van der Waals surface area contributed by atoms with Crippen molar-refractivity contribution >= 4 is 40.6 Å². The molecule has 0 fully saturated rings. The molecule has 0 saturated carbocycles. The lowest BCUT2D eigenvalue weighted by Gasteiger charge is -2.36. The van der Waals surface area contributed by atoms with Gasteiger partial charge in [-0.2, -0.15) is 5.26 Å². The van der Waals surface area contributed by atoms with Crippen molar-refractivity contribution in [3.63, 3.8) is 0 Å². The first-order valence-electron chi connectivity index (χ1n) is 11.2. The number of nitrogens with one attached hydrogen (secondary N) is 1. The number of hydrogen-bond donors (Lipinski definition) is 2. The summed E-state index contributed by atoms with van der Waals surface area (Å²) in [4.78, 5) is 27.9. The highest BCUT2D eigenvalue weighted by Gasteiger charge is 2.43. The van der Waals surface area contributed by atoms with Gasteiger partial charge in [0.1, 0.15) is 11.5 Å². The zero-order chi connectivity index (χ0) is 26.5. The van der Waals surface area contributed by atoms with Crippen LogP contribution in [0.2, 0.25) is 5.02 Å². The number of rotatable bonds is 6. The van der Waals surface area contributed by atoms with E-state index >= 15 is 0 Å². The molecule has 3 aromatic carbocycles. The van der Waals surface area contributed by atoms with Crippen molar-refractivity contribution < 1.29 is 19.1 Å². The molecule has 4 rings (SSSR count). The fourth-order valence-electron chi connectivity index (χ4n) is 4.23. The van der Waals surface area contributed by atoms with Crippen LogP contribution in [0, 0.1) is 11.3 Å². The smallest absolute Gasteiger partial charge is 0.355 e. The van der Waals surface area contributed by atoms with Gasteiger partial charge in [-0.15, -0.1) is 0 Å². The van der Waals surface area contributed by atoms with Gasteiger partial charge in [-0.05, 0) is 42.0 Å². The van der Waals surface area contributed by atoms with Crippen LogP contribution in [-0.2, 0) is 19.1 Å². The molecular formula is C28H23ClN4O4. The summed E-state index contributed by atoms with van der Waals surface area (Å²) >= 11 is 6.02. The highest BCUT2D eigenvalue weighted by atomic mass is 35.5. The number of benzene rings is 3. The van der Waals surface area contributed by atoms with Crippen LogP contribution in [0.4, 0.5) is 17.1 Å². The van der Waals surface area contributed by atoms with Gasteiger partial charge in [-0.3, -0.25) is 4.90 Å². The maximum absolute atomic E-state index is 13.3. The van der Waals surface area contributed by atoms with Crippen molar-refractivity contribution in [3.05, 3.63) is 112 Å². The van der Waals surface area contributed by atoms with Crippen LogP contribution in [-0.4, -0.2) is 26.2 Å². The zero-order valence-corrected chi connectivity index (χ0v) is 20.8. The molecule has 186 valence electrons. The lowest BCUT2D eigenvalue weighted by Crippen LogP contribution is -2.41. The van der Waals surface area contributed by atoms with Crippen LogP contribution in [0.3, 0.4) is 0 Å². The third kappa shape index (κ3) is 4.85. The fraction of sp³-hybridized carbons (Fsp3) is 0.107. The summed E-state index contributed by atoms with van der Waals surface area (Å²) in [5.41, 5.74) is 8.75. The molecule has 3 N–H and O–H groups in total. The molecule has 1 heterocycles. The van der Waals surface area contributed by atoms with E-state index in [1.165, 1.54) is 19.1 Å². The monoisotopic (exact) mass is 514 g/mol. The average molecular weight is 515 g/mol. The maximum atomic E-state index is 13.3. The quantitative estimate of drug-likeness (QED) is 0.442. The van der Waals surface area contributed by atoms with Crippen molar-refractivity contribution in [1.82, 2.24) is 0 Å². The Morgan fingerprint density at radius 3 is 2.19 bits per heavy atom. The molecule has 37 heavy (non-hydrogen) atoms. The van der Waals surface area contributed by atoms with E-state index in [0.29, 0.717) is 22.0 Å². The van der Waals surface area contributed by atoms with Crippen LogP contribution in [0.15, 0.2) is 102 Å². The van der Waals surface area contributed by atoms with E-state index in [9.17, 15) is 14.9 Å². The molecular weight excluding hydrogens is 492 g/mol. The number of para-hydroxylation sites is 2. The Hall–Kier alpha value is -4.74. The van der Waals surface area contributed by atoms with Crippen LogP contribution < -0.4 is 16.0 Å². The topological polar surface area (TPSA) is 118 Å². The molecule has 0 bridgehead atoms. The summed E-state index contributed by atoms with van der Waals surface area (Å²) in [5.74, 6) is -2.57. The standard InChI is InChI=1S/C28H23ClN4O4/c1-36-27(34)24-23(17-8-4-3-5-9-17)20(16-30)26(31)33(25(24)28(35)37-2)22-11-7-6-10-21(22)32-19-14-12-18(29)13-15-19/h3-15,23,32H,31H2,1-2H3. The molecule has 0 aliphatic carbocycles.